The fourth-order valence-corrected chi connectivity index (χ4v) is 2.70. The van der Waals surface area contributed by atoms with Gasteiger partial charge in [-0.1, -0.05) is 6.92 Å². The molecular formula is C11H24N2. The van der Waals surface area contributed by atoms with Crippen LogP contribution < -0.4 is 5.73 Å². The van der Waals surface area contributed by atoms with Gasteiger partial charge in [-0.25, -0.2) is 0 Å². The van der Waals surface area contributed by atoms with Crippen LogP contribution in [0.5, 0.6) is 0 Å². The van der Waals surface area contributed by atoms with Crippen molar-refractivity contribution in [2.75, 3.05) is 13.1 Å². The maximum atomic E-state index is 5.63. The predicted molar refractivity (Wildman–Crippen MR) is 57.7 cm³/mol. The summed E-state index contributed by atoms with van der Waals surface area (Å²) in [5, 5.41) is 0. The van der Waals surface area contributed by atoms with Crippen molar-refractivity contribution >= 4 is 0 Å². The molecule has 2 unspecified atom stereocenters. The highest BCUT2D eigenvalue weighted by Gasteiger charge is 2.33. The summed E-state index contributed by atoms with van der Waals surface area (Å²) in [5.74, 6) is 0.859. The van der Waals surface area contributed by atoms with Gasteiger partial charge in [0.25, 0.3) is 0 Å². The van der Waals surface area contributed by atoms with Crippen LogP contribution in [-0.2, 0) is 0 Å². The van der Waals surface area contributed by atoms with E-state index in [1.54, 1.807) is 0 Å². The molecule has 0 bridgehead atoms. The van der Waals surface area contributed by atoms with Gasteiger partial charge in [-0.2, -0.15) is 0 Å². The molecule has 1 rings (SSSR count). The molecule has 0 radical (unpaired) electrons. The van der Waals surface area contributed by atoms with Crippen LogP contribution in [0.25, 0.3) is 0 Å². The van der Waals surface area contributed by atoms with E-state index in [1.807, 2.05) is 0 Å². The van der Waals surface area contributed by atoms with Gasteiger partial charge in [0.05, 0.1) is 0 Å². The van der Waals surface area contributed by atoms with Crippen LogP contribution >= 0.6 is 0 Å². The largest absolute Gasteiger partial charge is 0.330 e. The Morgan fingerprint density at radius 3 is 2.62 bits per heavy atom. The van der Waals surface area contributed by atoms with Gasteiger partial charge >= 0.3 is 0 Å². The highest BCUT2D eigenvalue weighted by molar-refractivity contribution is 4.87. The first-order valence-electron chi connectivity index (χ1n) is 5.66. The second-order valence-corrected chi connectivity index (χ2v) is 4.43. The van der Waals surface area contributed by atoms with E-state index in [0.717, 1.165) is 18.5 Å². The third-order valence-corrected chi connectivity index (χ3v) is 3.35. The van der Waals surface area contributed by atoms with Crippen LogP contribution in [0.15, 0.2) is 0 Å². The van der Waals surface area contributed by atoms with Crippen molar-refractivity contribution < 1.29 is 0 Å². The molecule has 2 heteroatoms. The van der Waals surface area contributed by atoms with Crippen molar-refractivity contribution in [1.82, 2.24) is 4.90 Å². The standard InChI is InChI=1S/C11H24N2/c1-4-11-10(5-7-12)6-8-13(11)9(2)3/h9-11H,4-8,12H2,1-3H3. The summed E-state index contributed by atoms with van der Waals surface area (Å²) in [4.78, 5) is 2.64. The van der Waals surface area contributed by atoms with E-state index in [-0.39, 0.29) is 0 Å². The molecule has 13 heavy (non-hydrogen) atoms. The van der Waals surface area contributed by atoms with Gasteiger partial charge in [0, 0.05) is 12.1 Å². The van der Waals surface area contributed by atoms with Crippen LogP contribution in [0.3, 0.4) is 0 Å². The Morgan fingerprint density at radius 2 is 2.15 bits per heavy atom. The molecule has 1 fully saturated rings. The predicted octanol–water partition coefficient (Wildman–Crippen LogP) is 1.84. The van der Waals surface area contributed by atoms with E-state index in [9.17, 15) is 0 Å². The van der Waals surface area contributed by atoms with E-state index < -0.39 is 0 Å². The molecule has 0 aromatic carbocycles. The van der Waals surface area contributed by atoms with Crippen molar-refractivity contribution in [3.63, 3.8) is 0 Å². The Balaban J connectivity index is 2.52. The summed E-state index contributed by atoms with van der Waals surface area (Å²) >= 11 is 0. The highest BCUT2D eigenvalue weighted by Crippen LogP contribution is 2.30. The summed E-state index contributed by atoms with van der Waals surface area (Å²) in [6.07, 6.45) is 3.85. The minimum Gasteiger partial charge on any atom is -0.330 e. The van der Waals surface area contributed by atoms with Crippen molar-refractivity contribution in [3.05, 3.63) is 0 Å². The molecule has 78 valence electrons. The van der Waals surface area contributed by atoms with Gasteiger partial charge in [-0.3, -0.25) is 4.90 Å². The molecule has 0 saturated carbocycles. The van der Waals surface area contributed by atoms with Crippen molar-refractivity contribution in [2.45, 2.75) is 52.1 Å². The van der Waals surface area contributed by atoms with Gasteiger partial charge in [0.1, 0.15) is 0 Å². The molecule has 1 heterocycles. The lowest BCUT2D eigenvalue weighted by molar-refractivity contribution is 0.174. The maximum Gasteiger partial charge on any atom is 0.0124 e. The number of nitrogens with zero attached hydrogens (tertiary/aromatic N) is 1. The van der Waals surface area contributed by atoms with Gasteiger partial charge in [0.15, 0.2) is 0 Å². The number of nitrogens with two attached hydrogens (primary N) is 1. The Kier molecular flexibility index (Phi) is 4.20. The molecule has 0 aromatic heterocycles. The molecule has 2 atom stereocenters. The fraction of sp³-hybridized carbons (Fsp3) is 1.00. The summed E-state index contributed by atoms with van der Waals surface area (Å²) in [5.41, 5.74) is 5.63. The van der Waals surface area contributed by atoms with Gasteiger partial charge < -0.3 is 5.73 Å². The number of rotatable bonds is 4. The van der Waals surface area contributed by atoms with Gasteiger partial charge in [-0.15, -0.1) is 0 Å². The third kappa shape index (κ3) is 2.44. The summed E-state index contributed by atoms with van der Waals surface area (Å²) in [7, 11) is 0. The Hall–Kier alpha value is -0.0800. The summed E-state index contributed by atoms with van der Waals surface area (Å²) in [6, 6.07) is 1.50. The molecule has 2 nitrogen and oxygen atoms in total. The van der Waals surface area contributed by atoms with Crippen molar-refractivity contribution in [1.29, 1.82) is 0 Å². The zero-order valence-corrected chi connectivity index (χ0v) is 9.29. The Morgan fingerprint density at radius 1 is 1.46 bits per heavy atom. The number of likely N-dealkylation sites (tertiary alicyclic amines) is 1. The van der Waals surface area contributed by atoms with E-state index in [0.29, 0.717) is 6.04 Å². The molecule has 2 N–H and O–H groups in total. The first-order valence-corrected chi connectivity index (χ1v) is 5.66. The van der Waals surface area contributed by atoms with Crippen LogP contribution in [-0.4, -0.2) is 30.1 Å². The topological polar surface area (TPSA) is 29.3 Å². The molecule has 0 aromatic rings. The highest BCUT2D eigenvalue weighted by atomic mass is 15.2. The minimum absolute atomic E-state index is 0.702. The van der Waals surface area contributed by atoms with E-state index in [4.69, 9.17) is 5.73 Å². The molecule has 0 amide bonds. The monoisotopic (exact) mass is 184 g/mol. The summed E-state index contributed by atoms with van der Waals surface area (Å²) in [6.45, 7) is 9.03. The SMILES string of the molecule is CCC1C(CCN)CCN1C(C)C. The van der Waals surface area contributed by atoms with Crippen LogP contribution in [0.4, 0.5) is 0 Å². The van der Waals surface area contributed by atoms with Gasteiger partial charge in [-0.05, 0) is 52.1 Å². The van der Waals surface area contributed by atoms with Crippen LogP contribution in [0, 0.1) is 5.92 Å². The lowest BCUT2D eigenvalue weighted by Gasteiger charge is -2.30. The molecule has 1 aliphatic rings. The smallest absolute Gasteiger partial charge is 0.0124 e. The van der Waals surface area contributed by atoms with Crippen LogP contribution in [0.2, 0.25) is 0 Å². The fourth-order valence-electron chi connectivity index (χ4n) is 2.70. The van der Waals surface area contributed by atoms with Crippen LogP contribution in [0.1, 0.15) is 40.0 Å². The molecular weight excluding hydrogens is 160 g/mol. The molecule has 0 spiro atoms. The third-order valence-electron chi connectivity index (χ3n) is 3.35. The van der Waals surface area contributed by atoms with Crippen molar-refractivity contribution in [2.24, 2.45) is 11.7 Å². The number of hydrogen-bond donors (Lipinski definition) is 1. The quantitative estimate of drug-likeness (QED) is 0.722. The molecule has 1 aliphatic heterocycles. The van der Waals surface area contributed by atoms with E-state index >= 15 is 0 Å². The zero-order valence-electron chi connectivity index (χ0n) is 9.29. The maximum absolute atomic E-state index is 5.63. The average molecular weight is 184 g/mol. The van der Waals surface area contributed by atoms with Gasteiger partial charge in [0.2, 0.25) is 0 Å². The Bertz CT molecular complexity index is 145. The van der Waals surface area contributed by atoms with E-state index in [1.165, 1.54) is 25.8 Å². The normalized spacial score (nSPS) is 30.2. The lowest BCUT2D eigenvalue weighted by Crippen LogP contribution is -2.37. The van der Waals surface area contributed by atoms with E-state index in [2.05, 4.69) is 25.7 Å². The second-order valence-electron chi connectivity index (χ2n) is 4.43. The average Bonchev–Trinajstić information content (AvgIpc) is 2.48. The first kappa shape index (κ1) is 11.0. The summed E-state index contributed by atoms with van der Waals surface area (Å²) < 4.78 is 0. The Labute approximate surface area is 82.5 Å². The van der Waals surface area contributed by atoms with Crippen molar-refractivity contribution in [3.8, 4) is 0 Å². The lowest BCUT2D eigenvalue weighted by atomic mass is 9.94. The molecule has 1 saturated heterocycles. The molecule has 0 aliphatic carbocycles. The zero-order chi connectivity index (χ0) is 9.84. The first-order chi connectivity index (χ1) is 6.20. The number of hydrogen-bond acceptors (Lipinski definition) is 2. The second kappa shape index (κ2) is 4.97. The minimum atomic E-state index is 0.702.